The fourth-order valence-corrected chi connectivity index (χ4v) is 2.66. The van der Waals surface area contributed by atoms with Gasteiger partial charge in [0.1, 0.15) is 17.2 Å². The van der Waals surface area contributed by atoms with Crippen LogP contribution in [0.3, 0.4) is 0 Å². The normalized spacial score (nSPS) is 11.2. The van der Waals surface area contributed by atoms with Gasteiger partial charge < -0.3 is 18.1 Å². The molecule has 0 saturated carbocycles. The molecule has 26 heavy (non-hydrogen) atoms. The summed E-state index contributed by atoms with van der Waals surface area (Å²) in [4.78, 5) is 12.1. The largest absolute Gasteiger partial charge is 0.466 e. The molecule has 3 heterocycles. The first-order valence-electron chi connectivity index (χ1n) is 7.99. The van der Waals surface area contributed by atoms with Gasteiger partial charge in [0, 0.05) is 5.39 Å². The molecule has 0 atom stereocenters. The van der Waals surface area contributed by atoms with Gasteiger partial charge in [-0.2, -0.15) is 0 Å². The fraction of sp³-hybridized carbons (Fsp3) is 0.222. The highest BCUT2D eigenvalue weighted by Crippen LogP contribution is 2.25. The third-order valence-corrected chi connectivity index (χ3v) is 3.86. The van der Waals surface area contributed by atoms with Crippen LogP contribution in [0.4, 0.5) is 0 Å². The number of aryl methyl sites for hydroxylation is 2. The molecule has 0 saturated heterocycles. The summed E-state index contributed by atoms with van der Waals surface area (Å²) in [5.41, 5.74) is 1.88. The van der Waals surface area contributed by atoms with Crippen molar-refractivity contribution in [1.29, 1.82) is 0 Å². The van der Waals surface area contributed by atoms with Crippen molar-refractivity contribution in [3.8, 4) is 11.5 Å². The lowest BCUT2D eigenvalue weighted by atomic mass is 10.2. The number of rotatable bonds is 5. The van der Waals surface area contributed by atoms with E-state index in [1.54, 1.807) is 6.07 Å². The number of ether oxygens (including phenoxy) is 1. The maximum atomic E-state index is 12.1. The van der Waals surface area contributed by atoms with E-state index < -0.39 is 5.97 Å². The van der Waals surface area contributed by atoms with E-state index in [4.69, 9.17) is 18.1 Å². The van der Waals surface area contributed by atoms with Gasteiger partial charge in [0.2, 0.25) is 0 Å². The van der Waals surface area contributed by atoms with Gasteiger partial charge >= 0.3 is 5.97 Å². The van der Waals surface area contributed by atoms with Crippen molar-refractivity contribution in [3.05, 3.63) is 53.4 Å². The van der Waals surface area contributed by atoms with Gasteiger partial charge in [-0.3, -0.25) is 4.79 Å². The first-order valence-corrected chi connectivity index (χ1v) is 7.99. The quantitative estimate of drug-likeness (QED) is 0.503. The van der Waals surface area contributed by atoms with Crippen molar-refractivity contribution in [1.82, 2.24) is 15.4 Å². The smallest absolute Gasteiger partial charge is 0.312 e. The monoisotopic (exact) mass is 353 g/mol. The van der Waals surface area contributed by atoms with E-state index in [0.29, 0.717) is 22.9 Å². The Hall–Kier alpha value is -3.42. The Bertz CT molecular complexity index is 1080. The minimum atomic E-state index is -0.459. The number of fused-ring (bicyclic) bond motifs is 1. The molecule has 0 aliphatic rings. The molecule has 3 aromatic heterocycles. The van der Waals surface area contributed by atoms with Crippen LogP contribution in [0.25, 0.3) is 22.4 Å². The number of esters is 1. The summed E-state index contributed by atoms with van der Waals surface area (Å²) < 4.78 is 21.3. The van der Waals surface area contributed by atoms with Gasteiger partial charge in [-0.25, -0.2) is 0 Å². The zero-order valence-electron chi connectivity index (χ0n) is 14.2. The molecule has 0 amide bonds. The maximum Gasteiger partial charge on any atom is 0.312 e. The molecule has 0 N–H and O–H groups in total. The molecular weight excluding hydrogens is 338 g/mol. The Kier molecular flexibility index (Phi) is 4.00. The van der Waals surface area contributed by atoms with Crippen molar-refractivity contribution in [2.75, 3.05) is 0 Å². The Morgan fingerprint density at radius 1 is 1.15 bits per heavy atom. The van der Waals surface area contributed by atoms with E-state index in [2.05, 4.69) is 15.4 Å². The number of furan rings is 1. The summed E-state index contributed by atoms with van der Waals surface area (Å²) in [6.07, 6.45) is -0.00194. The zero-order chi connectivity index (χ0) is 18.1. The highest BCUT2D eigenvalue weighted by molar-refractivity contribution is 5.84. The van der Waals surface area contributed by atoms with E-state index in [-0.39, 0.29) is 18.9 Å². The lowest BCUT2D eigenvalue weighted by Crippen LogP contribution is -2.08. The average Bonchev–Trinajstić information content (AvgIpc) is 3.32. The van der Waals surface area contributed by atoms with Crippen molar-refractivity contribution in [2.45, 2.75) is 26.9 Å². The molecule has 0 fully saturated rings. The SMILES string of the molecule is Cc1cc(-c2nnc(COC(=O)Cc3noc4ccccc34)o2)c(C)o1. The van der Waals surface area contributed by atoms with Gasteiger partial charge in [-0.1, -0.05) is 17.3 Å². The average molecular weight is 353 g/mol. The molecule has 0 radical (unpaired) electrons. The Balaban J connectivity index is 1.40. The van der Waals surface area contributed by atoms with Crippen LogP contribution in [0.2, 0.25) is 0 Å². The van der Waals surface area contributed by atoms with E-state index in [1.165, 1.54) is 0 Å². The number of nitrogens with zero attached hydrogens (tertiary/aromatic N) is 3. The second-order valence-corrected chi connectivity index (χ2v) is 5.79. The summed E-state index contributed by atoms with van der Waals surface area (Å²) in [6.45, 7) is 3.54. The number of carbonyl (C=O) groups is 1. The Labute approximate surface area is 147 Å². The summed E-state index contributed by atoms with van der Waals surface area (Å²) in [7, 11) is 0. The van der Waals surface area contributed by atoms with Gasteiger partial charge in [-0.15, -0.1) is 10.2 Å². The summed E-state index contributed by atoms with van der Waals surface area (Å²) in [6, 6.07) is 9.14. The molecule has 8 heteroatoms. The maximum absolute atomic E-state index is 12.1. The molecule has 0 bridgehead atoms. The second-order valence-electron chi connectivity index (χ2n) is 5.79. The summed E-state index contributed by atoms with van der Waals surface area (Å²) in [5.74, 6) is 1.51. The topological polar surface area (TPSA) is 104 Å². The van der Waals surface area contributed by atoms with Gasteiger partial charge in [0.05, 0.1) is 12.0 Å². The van der Waals surface area contributed by atoms with Crippen LogP contribution in [0.15, 0.2) is 43.7 Å². The van der Waals surface area contributed by atoms with E-state index >= 15 is 0 Å². The molecule has 0 aliphatic carbocycles. The van der Waals surface area contributed by atoms with Gasteiger partial charge in [0.15, 0.2) is 12.2 Å². The predicted octanol–water partition coefficient (Wildman–Crippen LogP) is 3.37. The highest BCUT2D eigenvalue weighted by Gasteiger charge is 2.17. The molecule has 0 spiro atoms. The minimum absolute atomic E-state index is 0.00194. The lowest BCUT2D eigenvalue weighted by Gasteiger charge is -2.00. The van der Waals surface area contributed by atoms with Crippen molar-refractivity contribution < 1.29 is 22.9 Å². The van der Waals surface area contributed by atoms with Crippen LogP contribution in [-0.4, -0.2) is 21.3 Å². The predicted molar refractivity (Wildman–Crippen MR) is 89.0 cm³/mol. The second kappa shape index (κ2) is 6.47. The fourth-order valence-electron chi connectivity index (χ4n) is 2.66. The minimum Gasteiger partial charge on any atom is -0.466 e. The van der Waals surface area contributed by atoms with E-state index in [0.717, 1.165) is 16.7 Å². The van der Waals surface area contributed by atoms with Gasteiger partial charge in [0.25, 0.3) is 11.8 Å². The molecule has 1 aromatic carbocycles. The Morgan fingerprint density at radius 2 is 2.00 bits per heavy atom. The highest BCUT2D eigenvalue weighted by atomic mass is 16.5. The number of hydrogen-bond acceptors (Lipinski definition) is 8. The molecule has 4 aromatic rings. The number of para-hydroxylation sites is 1. The van der Waals surface area contributed by atoms with Crippen LogP contribution in [0, 0.1) is 13.8 Å². The molecule has 8 nitrogen and oxygen atoms in total. The van der Waals surface area contributed by atoms with Crippen LogP contribution in [0.5, 0.6) is 0 Å². The van der Waals surface area contributed by atoms with Crippen LogP contribution in [0.1, 0.15) is 23.1 Å². The van der Waals surface area contributed by atoms with Crippen LogP contribution in [-0.2, 0) is 22.6 Å². The molecule has 0 unspecified atom stereocenters. The standard InChI is InChI=1S/C18H15N3O5/c1-10-7-13(11(2)24-10)18-20-19-16(25-18)9-23-17(22)8-14-12-5-3-4-6-15(12)26-21-14/h3-7H,8-9H2,1-2H3. The molecule has 4 rings (SSSR count). The third-order valence-electron chi connectivity index (χ3n) is 3.86. The van der Waals surface area contributed by atoms with E-state index in [1.807, 2.05) is 38.1 Å². The summed E-state index contributed by atoms with van der Waals surface area (Å²) >= 11 is 0. The molecular formula is C18H15N3O5. The van der Waals surface area contributed by atoms with Gasteiger partial charge in [-0.05, 0) is 32.0 Å². The first kappa shape index (κ1) is 16.1. The van der Waals surface area contributed by atoms with Crippen molar-refractivity contribution in [3.63, 3.8) is 0 Å². The number of carbonyl (C=O) groups excluding carboxylic acids is 1. The Morgan fingerprint density at radius 3 is 2.81 bits per heavy atom. The molecule has 0 aliphatic heterocycles. The first-order chi connectivity index (χ1) is 12.6. The number of aromatic nitrogens is 3. The lowest BCUT2D eigenvalue weighted by molar-refractivity contribution is -0.144. The molecule has 132 valence electrons. The number of hydrogen-bond donors (Lipinski definition) is 0. The van der Waals surface area contributed by atoms with Crippen LogP contribution < -0.4 is 0 Å². The van der Waals surface area contributed by atoms with Crippen molar-refractivity contribution >= 4 is 16.9 Å². The van der Waals surface area contributed by atoms with Crippen molar-refractivity contribution in [2.24, 2.45) is 0 Å². The van der Waals surface area contributed by atoms with E-state index in [9.17, 15) is 4.79 Å². The van der Waals surface area contributed by atoms with Crippen LogP contribution >= 0.6 is 0 Å². The summed E-state index contributed by atoms with van der Waals surface area (Å²) in [5, 5.41) is 12.5. The zero-order valence-corrected chi connectivity index (χ0v) is 14.2. The third kappa shape index (κ3) is 3.08. The number of benzene rings is 1.